The Hall–Kier alpha value is -2.94. The number of nitrogens with zero attached hydrogens (tertiary/aromatic N) is 2. The number of nitriles is 1. The first-order valence-electron chi connectivity index (χ1n) is 10.8. The molecule has 1 fully saturated rings. The molecule has 0 saturated heterocycles. The SMILES string of the molecule is C[C@@H]1CCc2nc3ccccc3c(C(=O)OCC(=O)NC3(C#N)CCCCC3)c2C1. The summed E-state index contributed by atoms with van der Waals surface area (Å²) in [6.45, 7) is 1.79. The summed E-state index contributed by atoms with van der Waals surface area (Å²) in [5.41, 5.74) is 2.36. The standard InChI is InChI=1S/C24H27N3O3/c1-16-9-10-20-18(13-16)22(17-7-3-4-8-19(17)26-20)23(29)30-14-21(28)27-24(15-25)11-5-2-6-12-24/h3-4,7-8,16H,2,5-6,9-14H2,1H3,(H,27,28)/t16-/m1/s1. The van der Waals surface area contributed by atoms with Gasteiger partial charge in [-0.3, -0.25) is 9.78 Å². The van der Waals surface area contributed by atoms with Crippen molar-refractivity contribution in [3.8, 4) is 6.07 Å². The molecule has 1 atom stereocenters. The van der Waals surface area contributed by atoms with Gasteiger partial charge in [0.2, 0.25) is 0 Å². The fourth-order valence-corrected chi connectivity index (χ4v) is 4.72. The van der Waals surface area contributed by atoms with Crippen LogP contribution in [0.2, 0.25) is 0 Å². The van der Waals surface area contributed by atoms with Gasteiger partial charge in [0, 0.05) is 11.1 Å². The maximum absolute atomic E-state index is 13.1. The third kappa shape index (κ3) is 4.02. The van der Waals surface area contributed by atoms with Crippen molar-refractivity contribution in [1.29, 1.82) is 5.26 Å². The number of para-hydroxylation sites is 1. The summed E-state index contributed by atoms with van der Waals surface area (Å²) in [4.78, 5) is 30.3. The van der Waals surface area contributed by atoms with E-state index in [1.165, 1.54) is 0 Å². The minimum absolute atomic E-state index is 0.386. The summed E-state index contributed by atoms with van der Waals surface area (Å²) in [5.74, 6) is -0.451. The molecule has 2 aliphatic rings. The number of amides is 1. The highest BCUT2D eigenvalue weighted by molar-refractivity contribution is 6.05. The molecule has 1 amide bonds. The zero-order valence-electron chi connectivity index (χ0n) is 17.4. The number of carbonyl (C=O) groups is 2. The van der Waals surface area contributed by atoms with E-state index in [-0.39, 0.29) is 6.61 Å². The van der Waals surface area contributed by atoms with Gasteiger partial charge in [-0.1, -0.05) is 44.4 Å². The molecule has 0 unspecified atom stereocenters. The van der Waals surface area contributed by atoms with Crippen molar-refractivity contribution < 1.29 is 14.3 Å². The Balaban J connectivity index is 1.54. The van der Waals surface area contributed by atoms with Crippen molar-refractivity contribution >= 4 is 22.8 Å². The summed E-state index contributed by atoms with van der Waals surface area (Å²) in [6, 6.07) is 9.82. The molecule has 0 spiro atoms. The fraction of sp³-hybridized carbons (Fsp3) is 0.500. The van der Waals surface area contributed by atoms with E-state index in [0.29, 0.717) is 24.3 Å². The van der Waals surface area contributed by atoms with Crippen LogP contribution in [-0.2, 0) is 22.4 Å². The number of aromatic nitrogens is 1. The zero-order chi connectivity index (χ0) is 21.1. The van der Waals surface area contributed by atoms with Crippen LogP contribution in [0.15, 0.2) is 24.3 Å². The zero-order valence-corrected chi connectivity index (χ0v) is 17.4. The second-order valence-electron chi connectivity index (χ2n) is 8.66. The van der Waals surface area contributed by atoms with Crippen LogP contribution < -0.4 is 5.32 Å². The molecule has 156 valence electrons. The van der Waals surface area contributed by atoms with Gasteiger partial charge in [-0.25, -0.2) is 4.79 Å². The molecule has 1 heterocycles. The van der Waals surface area contributed by atoms with E-state index in [0.717, 1.165) is 60.7 Å². The number of esters is 1. The molecule has 1 N–H and O–H groups in total. The second-order valence-corrected chi connectivity index (χ2v) is 8.66. The fourth-order valence-electron chi connectivity index (χ4n) is 4.72. The van der Waals surface area contributed by atoms with Gasteiger partial charge >= 0.3 is 5.97 Å². The Morgan fingerprint density at radius 1 is 1.27 bits per heavy atom. The molecule has 1 aromatic carbocycles. The van der Waals surface area contributed by atoms with E-state index in [9.17, 15) is 14.9 Å². The Bertz CT molecular complexity index is 1020. The van der Waals surface area contributed by atoms with Crippen LogP contribution in [0.5, 0.6) is 0 Å². The molecule has 30 heavy (non-hydrogen) atoms. The van der Waals surface area contributed by atoms with E-state index < -0.39 is 17.4 Å². The van der Waals surface area contributed by atoms with Gasteiger partial charge in [0.15, 0.2) is 6.61 Å². The van der Waals surface area contributed by atoms with Gasteiger partial charge in [0.1, 0.15) is 5.54 Å². The van der Waals surface area contributed by atoms with Gasteiger partial charge in [0.05, 0.1) is 17.1 Å². The first-order valence-corrected chi connectivity index (χ1v) is 10.8. The monoisotopic (exact) mass is 405 g/mol. The second kappa shape index (κ2) is 8.43. The lowest BCUT2D eigenvalue weighted by Crippen LogP contribution is -2.50. The number of nitrogens with one attached hydrogen (secondary N) is 1. The van der Waals surface area contributed by atoms with Gasteiger partial charge in [-0.05, 0) is 49.7 Å². The van der Waals surface area contributed by atoms with E-state index in [4.69, 9.17) is 9.72 Å². The molecule has 6 nitrogen and oxygen atoms in total. The molecule has 1 aromatic heterocycles. The van der Waals surface area contributed by atoms with Crippen LogP contribution in [-0.4, -0.2) is 29.0 Å². The van der Waals surface area contributed by atoms with Gasteiger partial charge in [0.25, 0.3) is 5.91 Å². The Morgan fingerprint density at radius 3 is 2.80 bits per heavy atom. The largest absolute Gasteiger partial charge is 0.452 e. The number of aryl methyl sites for hydroxylation is 1. The molecule has 2 aromatic rings. The molecular formula is C24H27N3O3. The van der Waals surface area contributed by atoms with Crippen molar-refractivity contribution in [1.82, 2.24) is 10.3 Å². The first-order chi connectivity index (χ1) is 14.5. The predicted molar refractivity (Wildman–Crippen MR) is 113 cm³/mol. The van der Waals surface area contributed by atoms with Gasteiger partial charge in [-0.2, -0.15) is 5.26 Å². The van der Waals surface area contributed by atoms with Crippen molar-refractivity contribution in [2.24, 2.45) is 5.92 Å². The summed E-state index contributed by atoms with van der Waals surface area (Å²) in [6.07, 6.45) is 6.86. The van der Waals surface area contributed by atoms with Gasteiger partial charge in [-0.15, -0.1) is 0 Å². The van der Waals surface area contributed by atoms with E-state index in [1.807, 2.05) is 24.3 Å². The smallest absolute Gasteiger partial charge is 0.339 e. The van der Waals surface area contributed by atoms with Crippen molar-refractivity contribution in [2.75, 3.05) is 6.61 Å². The number of hydrogen-bond donors (Lipinski definition) is 1. The maximum Gasteiger partial charge on any atom is 0.339 e. The normalized spacial score (nSPS) is 20.1. The summed E-state index contributed by atoms with van der Waals surface area (Å²) in [5, 5.41) is 13.1. The number of pyridine rings is 1. The van der Waals surface area contributed by atoms with E-state index >= 15 is 0 Å². The molecule has 1 saturated carbocycles. The molecule has 0 radical (unpaired) electrons. The Kier molecular flexibility index (Phi) is 5.72. The molecule has 2 aliphatic carbocycles. The molecular weight excluding hydrogens is 378 g/mol. The lowest BCUT2D eigenvalue weighted by molar-refractivity contribution is -0.125. The average Bonchev–Trinajstić information content (AvgIpc) is 2.76. The molecule has 0 bridgehead atoms. The lowest BCUT2D eigenvalue weighted by atomic mass is 9.83. The Morgan fingerprint density at radius 2 is 2.03 bits per heavy atom. The van der Waals surface area contributed by atoms with Crippen LogP contribution in [0.25, 0.3) is 10.9 Å². The molecule has 0 aliphatic heterocycles. The van der Waals surface area contributed by atoms with Crippen molar-refractivity contribution in [3.05, 3.63) is 41.1 Å². The number of hydrogen-bond acceptors (Lipinski definition) is 5. The molecule has 4 rings (SSSR count). The van der Waals surface area contributed by atoms with E-state index in [2.05, 4.69) is 18.3 Å². The highest BCUT2D eigenvalue weighted by Crippen LogP contribution is 2.32. The average molecular weight is 405 g/mol. The summed E-state index contributed by atoms with van der Waals surface area (Å²) in [7, 11) is 0. The topological polar surface area (TPSA) is 92.1 Å². The van der Waals surface area contributed by atoms with E-state index in [1.54, 1.807) is 0 Å². The lowest BCUT2D eigenvalue weighted by Gasteiger charge is -2.31. The number of benzene rings is 1. The Labute approximate surface area is 176 Å². The number of ether oxygens (including phenoxy) is 1. The summed E-state index contributed by atoms with van der Waals surface area (Å²) >= 11 is 0. The van der Waals surface area contributed by atoms with Crippen molar-refractivity contribution in [3.63, 3.8) is 0 Å². The van der Waals surface area contributed by atoms with Crippen LogP contribution in [0.3, 0.4) is 0 Å². The van der Waals surface area contributed by atoms with Crippen LogP contribution in [0.4, 0.5) is 0 Å². The van der Waals surface area contributed by atoms with Gasteiger partial charge < -0.3 is 10.1 Å². The first kappa shape index (κ1) is 20.3. The maximum atomic E-state index is 13.1. The van der Waals surface area contributed by atoms with Crippen molar-refractivity contribution in [2.45, 2.75) is 63.8 Å². The predicted octanol–water partition coefficient (Wildman–Crippen LogP) is 3.86. The van der Waals surface area contributed by atoms with Crippen LogP contribution in [0, 0.1) is 17.2 Å². The van der Waals surface area contributed by atoms with Crippen LogP contribution >= 0.6 is 0 Å². The number of fused-ring (bicyclic) bond motifs is 2. The number of carbonyl (C=O) groups excluding carboxylic acids is 2. The minimum Gasteiger partial charge on any atom is -0.452 e. The number of rotatable bonds is 4. The quantitative estimate of drug-likeness (QED) is 0.780. The minimum atomic E-state index is -0.834. The van der Waals surface area contributed by atoms with Crippen LogP contribution in [0.1, 0.15) is 67.1 Å². The molecule has 6 heteroatoms. The highest BCUT2D eigenvalue weighted by atomic mass is 16.5. The third-order valence-corrected chi connectivity index (χ3v) is 6.34. The third-order valence-electron chi connectivity index (χ3n) is 6.34. The highest BCUT2D eigenvalue weighted by Gasteiger charge is 2.34. The summed E-state index contributed by atoms with van der Waals surface area (Å²) < 4.78 is 5.44.